The lowest BCUT2D eigenvalue weighted by molar-refractivity contribution is -0.122. The zero-order valence-electron chi connectivity index (χ0n) is 11.5. The lowest BCUT2D eigenvalue weighted by atomic mass is 10.1. The van der Waals surface area contributed by atoms with Gasteiger partial charge in [-0.1, -0.05) is 23.2 Å². The first-order valence-corrected chi connectivity index (χ1v) is 8.25. The van der Waals surface area contributed by atoms with Gasteiger partial charge < -0.3 is 16.2 Å². The molecule has 0 spiro atoms. The Bertz CT molecular complexity index is 443. The number of benzene rings is 1. The Hall–Kier alpha value is -0.170. The number of amides is 1. The van der Waals surface area contributed by atoms with Crippen molar-refractivity contribution < 1.29 is 9.90 Å². The molecular weight excluding hydrogens is 355 g/mol. The van der Waals surface area contributed by atoms with E-state index in [0.29, 0.717) is 22.0 Å². The third-order valence-corrected chi connectivity index (χ3v) is 3.79. The van der Waals surface area contributed by atoms with Gasteiger partial charge in [-0.05, 0) is 42.2 Å². The van der Waals surface area contributed by atoms with E-state index in [-0.39, 0.29) is 24.9 Å². The van der Waals surface area contributed by atoms with E-state index in [1.54, 1.807) is 30.0 Å². The molecule has 0 radical (unpaired) electrons. The lowest BCUT2D eigenvalue weighted by Gasteiger charge is -2.15. The van der Waals surface area contributed by atoms with E-state index >= 15 is 0 Å². The van der Waals surface area contributed by atoms with Gasteiger partial charge in [0.15, 0.2) is 0 Å². The van der Waals surface area contributed by atoms with Crippen LogP contribution in [0.2, 0.25) is 10.0 Å². The quantitative estimate of drug-likeness (QED) is 0.687. The Balaban J connectivity index is 0.00000400. The van der Waals surface area contributed by atoms with Crippen molar-refractivity contribution in [3.05, 3.63) is 33.8 Å². The van der Waals surface area contributed by atoms with E-state index in [2.05, 4.69) is 5.32 Å². The Morgan fingerprint density at radius 2 is 1.95 bits per heavy atom. The van der Waals surface area contributed by atoms with Crippen LogP contribution in [0, 0.1) is 0 Å². The second-order valence-electron chi connectivity index (χ2n) is 4.35. The van der Waals surface area contributed by atoms with Crippen molar-refractivity contribution in [2.75, 3.05) is 18.6 Å². The van der Waals surface area contributed by atoms with Gasteiger partial charge >= 0.3 is 0 Å². The van der Waals surface area contributed by atoms with Gasteiger partial charge in [-0.3, -0.25) is 4.79 Å². The number of thioether (sulfide) groups is 1. The molecule has 1 aromatic carbocycles. The molecule has 0 aliphatic carbocycles. The highest BCUT2D eigenvalue weighted by Gasteiger charge is 2.15. The third-order valence-electron chi connectivity index (χ3n) is 2.71. The zero-order chi connectivity index (χ0) is 15.1. The molecule has 1 unspecified atom stereocenters. The molecule has 0 aliphatic heterocycles. The monoisotopic (exact) mass is 372 g/mol. The van der Waals surface area contributed by atoms with E-state index in [9.17, 15) is 9.90 Å². The average molecular weight is 374 g/mol. The van der Waals surface area contributed by atoms with Crippen molar-refractivity contribution in [3.8, 4) is 0 Å². The number of halogens is 3. The number of aliphatic hydroxyl groups excluding tert-OH is 1. The molecule has 21 heavy (non-hydrogen) atoms. The van der Waals surface area contributed by atoms with Gasteiger partial charge in [0.25, 0.3) is 0 Å². The van der Waals surface area contributed by atoms with Crippen LogP contribution in [0.25, 0.3) is 0 Å². The Morgan fingerprint density at radius 1 is 1.38 bits per heavy atom. The van der Waals surface area contributed by atoms with Gasteiger partial charge in [0.1, 0.15) is 0 Å². The number of carbonyl (C=O) groups is 1. The number of nitrogens with one attached hydrogen (secondary N) is 1. The molecule has 8 heteroatoms. The number of carbonyl (C=O) groups excluding carboxylic acids is 1. The van der Waals surface area contributed by atoms with Gasteiger partial charge in [-0.15, -0.1) is 12.4 Å². The van der Waals surface area contributed by atoms with E-state index < -0.39 is 12.1 Å². The standard InChI is InChI=1S/C13H18Cl2N2O2S.ClH/c1-20-3-2-11(16)13(19)17-7-12(18)8-4-9(14)6-10(15)5-8;/h4-6,11-12,18H,2-3,7,16H2,1H3,(H,17,19);1H/t11-,12?;/m0./s1. The molecule has 4 N–H and O–H groups in total. The highest BCUT2D eigenvalue weighted by atomic mass is 35.5. The smallest absolute Gasteiger partial charge is 0.237 e. The summed E-state index contributed by atoms with van der Waals surface area (Å²) in [5, 5.41) is 13.5. The van der Waals surface area contributed by atoms with Crippen LogP contribution in [-0.2, 0) is 4.79 Å². The lowest BCUT2D eigenvalue weighted by Crippen LogP contribution is -2.42. The molecule has 120 valence electrons. The molecule has 0 heterocycles. The number of aliphatic hydroxyl groups is 1. The van der Waals surface area contributed by atoms with Crippen LogP contribution in [0.4, 0.5) is 0 Å². The van der Waals surface area contributed by atoms with Gasteiger partial charge in [0, 0.05) is 16.6 Å². The SMILES string of the molecule is CSCC[C@H](N)C(=O)NCC(O)c1cc(Cl)cc(Cl)c1.Cl. The van der Waals surface area contributed by atoms with Gasteiger partial charge in [-0.2, -0.15) is 11.8 Å². The van der Waals surface area contributed by atoms with E-state index in [4.69, 9.17) is 28.9 Å². The van der Waals surface area contributed by atoms with Crippen molar-refractivity contribution in [1.29, 1.82) is 0 Å². The number of hydrogen-bond donors (Lipinski definition) is 3. The summed E-state index contributed by atoms with van der Waals surface area (Å²) in [5.41, 5.74) is 6.28. The minimum atomic E-state index is -0.872. The van der Waals surface area contributed by atoms with E-state index in [1.807, 2.05) is 6.26 Å². The minimum absolute atomic E-state index is 0. The highest BCUT2D eigenvalue weighted by molar-refractivity contribution is 7.98. The molecule has 2 atom stereocenters. The third kappa shape index (κ3) is 7.58. The molecular formula is C13H19Cl3N2O2S. The molecule has 1 amide bonds. The van der Waals surface area contributed by atoms with Crippen LogP contribution in [0.3, 0.4) is 0 Å². The summed E-state index contributed by atoms with van der Waals surface area (Å²) in [6, 6.07) is 4.24. The molecule has 0 saturated heterocycles. The minimum Gasteiger partial charge on any atom is -0.387 e. The van der Waals surface area contributed by atoms with Crippen LogP contribution in [0.15, 0.2) is 18.2 Å². The van der Waals surface area contributed by atoms with Crippen LogP contribution >= 0.6 is 47.4 Å². The maximum Gasteiger partial charge on any atom is 0.237 e. The molecule has 4 nitrogen and oxygen atoms in total. The molecule has 0 fully saturated rings. The summed E-state index contributed by atoms with van der Waals surface area (Å²) in [6.45, 7) is 0.0719. The Morgan fingerprint density at radius 3 is 2.48 bits per heavy atom. The topological polar surface area (TPSA) is 75.4 Å². The predicted molar refractivity (Wildman–Crippen MR) is 92.7 cm³/mol. The van der Waals surface area contributed by atoms with Crippen LogP contribution in [0.1, 0.15) is 18.1 Å². The summed E-state index contributed by atoms with van der Waals surface area (Å²) in [4.78, 5) is 11.7. The molecule has 1 aromatic rings. The first kappa shape index (κ1) is 20.8. The van der Waals surface area contributed by atoms with Crippen molar-refractivity contribution in [2.45, 2.75) is 18.6 Å². The number of nitrogens with two attached hydrogens (primary N) is 1. The first-order valence-electron chi connectivity index (χ1n) is 6.10. The molecule has 0 saturated carbocycles. The predicted octanol–water partition coefficient (Wildman–Crippen LogP) is 2.65. The largest absolute Gasteiger partial charge is 0.387 e. The fourth-order valence-electron chi connectivity index (χ4n) is 1.59. The zero-order valence-corrected chi connectivity index (χ0v) is 14.7. The van der Waals surface area contributed by atoms with Crippen LogP contribution in [-0.4, -0.2) is 35.6 Å². The molecule has 1 rings (SSSR count). The fraction of sp³-hybridized carbons (Fsp3) is 0.462. The summed E-state index contributed by atoms with van der Waals surface area (Å²) in [6.07, 6.45) is 1.69. The summed E-state index contributed by atoms with van der Waals surface area (Å²) in [5.74, 6) is 0.548. The second-order valence-corrected chi connectivity index (χ2v) is 6.21. The fourth-order valence-corrected chi connectivity index (χ4v) is 2.62. The van der Waals surface area contributed by atoms with Crippen molar-refractivity contribution in [1.82, 2.24) is 5.32 Å². The van der Waals surface area contributed by atoms with Crippen molar-refractivity contribution in [2.24, 2.45) is 5.73 Å². The van der Waals surface area contributed by atoms with Gasteiger partial charge in [-0.25, -0.2) is 0 Å². The van der Waals surface area contributed by atoms with Gasteiger partial charge in [0.2, 0.25) is 5.91 Å². The molecule has 0 bridgehead atoms. The number of hydrogen-bond acceptors (Lipinski definition) is 4. The maximum absolute atomic E-state index is 11.7. The van der Waals surface area contributed by atoms with E-state index in [0.717, 1.165) is 5.75 Å². The van der Waals surface area contributed by atoms with Crippen LogP contribution in [0.5, 0.6) is 0 Å². The Kier molecular flexibility index (Phi) is 10.5. The maximum atomic E-state index is 11.7. The van der Waals surface area contributed by atoms with Crippen LogP contribution < -0.4 is 11.1 Å². The average Bonchev–Trinajstić information content (AvgIpc) is 2.40. The normalized spacial score (nSPS) is 13.2. The Labute approximate surface area is 145 Å². The number of rotatable bonds is 7. The second kappa shape index (κ2) is 10.5. The van der Waals surface area contributed by atoms with Crippen molar-refractivity contribution in [3.63, 3.8) is 0 Å². The first-order chi connectivity index (χ1) is 9.43. The highest BCUT2D eigenvalue weighted by Crippen LogP contribution is 2.23. The molecule has 0 aromatic heterocycles. The summed E-state index contributed by atoms with van der Waals surface area (Å²) >= 11 is 13.4. The summed E-state index contributed by atoms with van der Waals surface area (Å²) in [7, 11) is 0. The summed E-state index contributed by atoms with van der Waals surface area (Å²) < 4.78 is 0. The van der Waals surface area contributed by atoms with Gasteiger partial charge in [0.05, 0.1) is 12.1 Å². The van der Waals surface area contributed by atoms with E-state index in [1.165, 1.54) is 0 Å². The molecule has 0 aliphatic rings. The van der Waals surface area contributed by atoms with Crippen molar-refractivity contribution >= 4 is 53.3 Å².